The Hall–Kier alpha value is 6.49. The molecule has 13 heavy (non-hydrogen) atoms. The monoisotopic (exact) mass is 815 g/mol. The summed E-state index contributed by atoms with van der Waals surface area (Å²) in [5, 5.41) is 0. The average Bonchev–Trinajstić information content (AvgIpc) is 1.12. The van der Waals surface area contributed by atoms with Crippen molar-refractivity contribution in [3.8, 4) is 0 Å². The van der Waals surface area contributed by atoms with Crippen molar-refractivity contribution < 1.29 is 19.6 Å². The molecule has 0 rings (SSSR count). The van der Waals surface area contributed by atoms with E-state index in [0.29, 0.717) is 0 Å². The molecule has 64 valence electrons. The van der Waals surface area contributed by atoms with E-state index < -0.39 is 36.5 Å². The van der Waals surface area contributed by atoms with Crippen molar-refractivity contribution in [3.63, 3.8) is 0 Å². The molecule has 0 aliphatic rings. The number of hydrogen-bond donors (Lipinski definition) is 0. The van der Waals surface area contributed by atoms with Gasteiger partial charge in [-0.25, -0.2) is 0 Å². The van der Waals surface area contributed by atoms with Gasteiger partial charge in [0.25, 0.3) is 0 Å². The first kappa shape index (κ1) is 31.7. The summed E-state index contributed by atoms with van der Waals surface area (Å²) in [6.45, 7) is 0. The molecule has 0 aliphatic heterocycles. The summed E-state index contributed by atoms with van der Waals surface area (Å²) >= 11 is -10.5. The van der Waals surface area contributed by atoms with Gasteiger partial charge in [0, 0.05) is 0 Å². The van der Waals surface area contributed by atoms with Crippen LogP contribution in [0.3, 0.4) is 0 Å². The third-order valence-corrected chi connectivity index (χ3v) is 0. The molecule has 0 N–H and O–H groups in total. The first-order valence-corrected chi connectivity index (χ1v) is 14.7. The third kappa shape index (κ3) is 119. The van der Waals surface area contributed by atoms with Crippen LogP contribution in [0.4, 0.5) is 0 Å². The maximum atomic E-state index is 9.01. The van der Waals surface area contributed by atoms with Crippen LogP contribution in [-0.4, -0.2) is 183 Å². The van der Waals surface area contributed by atoms with Gasteiger partial charge in [-0.2, -0.15) is 0 Å². The van der Waals surface area contributed by atoms with Crippen LogP contribution >= 0.6 is 0 Å². The molecule has 0 heterocycles. The molecule has 0 aromatic carbocycles. The van der Waals surface area contributed by atoms with Gasteiger partial charge in [0.05, 0.1) is 0 Å². The summed E-state index contributed by atoms with van der Waals surface area (Å²) in [7, 11) is 6.72. The standard InChI is InChI=1S/3Ba.6O.2S.2Sb/q3*+2;;;6*-1;;. The Bertz CT molecular complexity index is 136. The first-order valence-electron chi connectivity index (χ1n) is 1.46. The van der Waals surface area contributed by atoms with E-state index in [2.05, 4.69) is 19.4 Å². The van der Waals surface area contributed by atoms with Gasteiger partial charge in [0.15, 0.2) is 0 Å². The zero-order chi connectivity index (χ0) is 9.00. The van der Waals surface area contributed by atoms with Crippen molar-refractivity contribution in [1.82, 2.24) is 0 Å². The molecule has 0 fully saturated rings. The first-order chi connectivity index (χ1) is 4.00. The van der Waals surface area contributed by atoms with E-state index in [-0.39, 0.29) is 147 Å². The van der Waals surface area contributed by atoms with Crippen molar-refractivity contribution in [2.45, 2.75) is 0 Å². The predicted molar refractivity (Wildman–Crippen MR) is 44.9 cm³/mol. The van der Waals surface area contributed by atoms with Gasteiger partial charge >= 0.3 is 222 Å². The van der Waals surface area contributed by atoms with Crippen molar-refractivity contribution in [3.05, 3.63) is 0 Å². The van der Waals surface area contributed by atoms with E-state index in [1.54, 1.807) is 0 Å². The number of hydrogen-bond acceptors (Lipinski definition) is 8. The van der Waals surface area contributed by atoms with Crippen LogP contribution in [0.1, 0.15) is 0 Å². The van der Waals surface area contributed by atoms with Gasteiger partial charge in [-0.1, -0.05) is 0 Å². The molecule has 0 saturated heterocycles. The van der Waals surface area contributed by atoms with E-state index >= 15 is 0 Å². The Morgan fingerprint density at radius 1 is 0.692 bits per heavy atom. The molecule has 13 heteroatoms. The van der Waals surface area contributed by atoms with E-state index in [4.69, 9.17) is 19.6 Å². The zero-order valence-corrected chi connectivity index (χ0v) is 26.3. The number of rotatable bonds is 0. The van der Waals surface area contributed by atoms with Gasteiger partial charge in [0.2, 0.25) is 0 Å². The molecule has 0 aliphatic carbocycles. The Balaban J connectivity index is -0.0000000267. The van der Waals surface area contributed by atoms with Crippen LogP contribution in [0.2, 0.25) is 0 Å². The third-order valence-electron chi connectivity index (χ3n) is 0. The van der Waals surface area contributed by atoms with E-state index in [9.17, 15) is 0 Å². The molecule has 6 nitrogen and oxygen atoms in total. The SMILES string of the molecule is [Ba+2].[Ba+2].[Ba+2].[O]=[Sb]([O-])([O-])[S-].[O]=[Sb]([O-])([O-])[S-]. The van der Waals surface area contributed by atoms with E-state index in [0.717, 1.165) is 0 Å². The summed E-state index contributed by atoms with van der Waals surface area (Å²) in [5.74, 6) is 0. The average molecular weight is 816 g/mol. The molecule has 0 atom stereocenters. The van der Waals surface area contributed by atoms with E-state index in [1.807, 2.05) is 0 Å². The molecule has 0 radical (unpaired) electrons. The molecular weight excluding hydrogens is 816 g/mol. The van der Waals surface area contributed by atoms with Crippen LogP contribution in [0, 0.1) is 0 Å². The molecule has 0 spiro atoms. The zero-order valence-electron chi connectivity index (χ0n) is 6.28. The molecular formula is Ba3O6S2Sb2. The predicted octanol–water partition coefficient (Wildman–Crippen LogP) is -6.90. The van der Waals surface area contributed by atoms with Gasteiger partial charge in [-0.05, 0) is 0 Å². The van der Waals surface area contributed by atoms with Gasteiger partial charge in [0.1, 0.15) is 0 Å². The quantitative estimate of drug-likeness (QED) is 0.175. The van der Waals surface area contributed by atoms with Crippen molar-refractivity contribution in [2.75, 3.05) is 0 Å². The molecule has 0 bridgehead atoms. The van der Waals surface area contributed by atoms with E-state index in [1.165, 1.54) is 0 Å². The van der Waals surface area contributed by atoms with Gasteiger partial charge < -0.3 is 0 Å². The molecule has 0 unspecified atom stereocenters. The van der Waals surface area contributed by atoms with Crippen molar-refractivity contribution >= 4 is 203 Å². The maximum absolute atomic E-state index is 9.01. The van der Waals surface area contributed by atoms with Crippen molar-refractivity contribution in [1.29, 1.82) is 0 Å². The fourth-order valence-electron chi connectivity index (χ4n) is 0. The minimum absolute atomic E-state index is 0. The van der Waals surface area contributed by atoms with Crippen LogP contribution in [0.25, 0.3) is 0 Å². The van der Waals surface area contributed by atoms with Crippen molar-refractivity contribution in [2.24, 2.45) is 0 Å². The summed E-state index contributed by atoms with van der Waals surface area (Å²) in [4.78, 5) is 0. The fourth-order valence-corrected chi connectivity index (χ4v) is 0. The summed E-state index contributed by atoms with van der Waals surface area (Å²) in [6, 6.07) is 0. The van der Waals surface area contributed by atoms with Crippen LogP contribution < -0.4 is 13.5 Å². The molecule has 0 aromatic heterocycles. The summed E-state index contributed by atoms with van der Waals surface area (Å²) in [5.41, 5.74) is 0. The molecule has 0 amide bonds. The summed E-state index contributed by atoms with van der Waals surface area (Å²) in [6.07, 6.45) is 0. The summed E-state index contributed by atoms with van der Waals surface area (Å²) < 4.78 is 54.0. The Labute approximate surface area is 214 Å². The molecule has 0 saturated carbocycles. The second-order valence-electron chi connectivity index (χ2n) is 0.894. The fraction of sp³-hybridized carbons (Fsp3) is 0. The second kappa shape index (κ2) is 16.5. The Morgan fingerprint density at radius 2 is 0.692 bits per heavy atom. The normalized spacial score (nSPS) is 9.08. The van der Waals surface area contributed by atoms with Crippen LogP contribution in [-0.2, 0) is 25.5 Å². The van der Waals surface area contributed by atoms with Gasteiger partial charge in [-0.15, -0.1) is 0 Å². The Morgan fingerprint density at radius 3 is 0.692 bits per heavy atom. The molecule has 0 aromatic rings. The van der Waals surface area contributed by atoms with Gasteiger partial charge in [-0.3, -0.25) is 0 Å². The second-order valence-corrected chi connectivity index (χ2v) is 12.0. The minimum atomic E-state index is -5.27. The topological polar surface area (TPSA) is 126 Å². The van der Waals surface area contributed by atoms with Crippen LogP contribution in [0.5, 0.6) is 0 Å². The Kier molecular flexibility index (Phi) is 40.4. The van der Waals surface area contributed by atoms with Crippen LogP contribution in [0.15, 0.2) is 0 Å².